The van der Waals surface area contributed by atoms with Gasteiger partial charge < -0.3 is 5.32 Å². The Morgan fingerprint density at radius 3 is 2.79 bits per heavy atom. The van der Waals surface area contributed by atoms with Crippen LogP contribution >= 0.6 is 15.9 Å². The molecule has 4 heteroatoms. The molecular weight excluding hydrogens is 307 g/mol. The summed E-state index contributed by atoms with van der Waals surface area (Å²) in [5.41, 5.74) is 0.798. The van der Waals surface area contributed by atoms with Gasteiger partial charge in [-0.2, -0.15) is 0 Å². The second kappa shape index (κ2) is 7.17. The molecule has 1 atom stereocenters. The smallest absolute Gasteiger partial charge is 0.129 e. The van der Waals surface area contributed by atoms with Crippen molar-refractivity contribution in [3.8, 4) is 0 Å². The highest BCUT2D eigenvalue weighted by Gasteiger charge is 2.23. The number of benzene rings is 1. The minimum Gasteiger partial charge on any atom is -0.314 e. The Kier molecular flexibility index (Phi) is 5.55. The van der Waals surface area contributed by atoms with E-state index in [-0.39, 0.29) is 11.9 Å². The lowest BCUT2D eigenvalue weighted by molar-refractivity contribution is 0.163. The Bertz CT molecular complexity index is 430. The molecule has 0 aliphatic carbocycles. The van der Waals surface area contributed by atoms with E-state index in [0.29, 0.717) is 0 Å². The molecule has 0 unspecified atom stereocenters. The number of hydrogen-bond acceptors (Lipinski definition) is 2. The van der Waals surface area contributed by atoms with Crippen molar-refractivity contribution in [1.29, 1.82) is 0 Å². The summed E-state index contributed by atoms with van der Waals surface area (Å²) in [6.07, 6.45) is 3.73. The second-order valence-corrected chi connectivity index (χ2v) is 5.75. The number of nitrogens with zero attached hydrogens (tertiary/aromatic N) is 1. The van der Waals surface area contributed by atoms with Gasteiger partial charge in [0, 0.05) is 42.3 Å². The van der Waals surface area contributed by atoms with E-state index in [1.807, 2.05) is 18.2 Å². The lowest BCUT2D eigenvalue weighted by atomic mass is 9.99. The molecule has 1 aromatic carbocycles. The maximum Gasteiger partial charge on any atom is 0.129 e. The van der Waals surface area contributed by atoms with Gasteiger partial charge in [0.2, 0.25) is 0 Å². The van der Waals surface area contributed by atoms with Gasteiger partial charge in [0.25, 0.3) is 0 Å². The average Bonchev–Trinajstić information content (AvgIpc) is 2.42. The van der Waals surface area contributed by atoms with Gasteiger partial charge >= 0.3 is 0 Å². The van der Waals surface area contributed by atoms with Crippen molar-refractivity contribution < 1.29 is 4.39 Å². The van der Waals surface area contributed by atoms with Gasteiger partial charge in [0.05, 0.1) is 0 Å². The van der Waals surface area contributed by atoms with E-state index in [0.717, 1.165) is 49.1 Å². The molecule has 0 amide bonds. The quantitative estimate of drug-likeness (QED) is 0.833. The van der Waals surface area contributed by atoms with Crippen LogP contribution in [0, 0.1) is 5.82 Å². The van der Waals surface area contributed by atoms with Crippen LogP contribution in [0.4, 0.5) is 4.39 Å². The summed E-state index contributed by atoms with van der Waals surface area (Å²) < 4.78 is 15.0. The number of rotatable bonds is 5. The molecule has 0 saturated carbocycles. The summed E-state index contributed by atoms with van der Waals surface area (Å²) in [4.78, 5) is 2.37. The standard InChI is InChI=1S/C15H20BrFN2/c1-2-3-4-15(19-9-7-18-8-10-19)13-6-5-12(16)11-14(13)17/h2,5-6,11,15,18H,1,3-4,7-10H2/t15-/m1/s1. The first kappa shape index (κ1) is 14.7. The van der Waals surface area contributed by atoms with Gasteiger partial charge in [-0.15, -0.1) is 6.58 Å². The molecular formula is C15H20BrFN2. The molecule has 0 radical (unpaired) electrons. The maximum absolute atomic E-state index is 14.2. The number of halogens is 2. The van der Waals surface area contributed by atoms with Gasteiger partial charge in [-0.1, -0.05) is 28.1 Å². The SMILES string of the molecule is C=CCC[C@H](c1ccc(Br)cc1F)N1CCNCC1. The fourth-order valence-electron chi connectivity index (χ4n) is 2.58. The van der Waals surface area contributed by atoms with E-state index in [2.05, 4.69) is 32.7 Å². The van der Waals surface area contributed by atoms with Crippen molar-refractivity contribution in [1.82, 2.24) is 10.2 Å². The van der Waals surface area contributed by atoms with Crippen LogP contribution in [-0.2, 0) is 0 Å². The molecule has 1 fully saturated rings. The van der Waals surface area contributed by atoms with Gasteiger partial charge in [-0.05, 0) is 25.0 Å². The van der Waals surface area contributed by atoms with Crippen molar-refractivity contribution in [2.75, 3.05) is 26.2 Å². The number of hydrogen-bond donors (Lipinski definition) is 1. The Labute approximate surface area is 122 Å². The molecule has 2 nitrogen and oxygen atoms in total. The molecule has 19 heavy (non-hydrogen) atoms. The summed E-state index contributed by atoms with van der Waals surface area (Å²) >= 11 is 3.31. The van der Waals surface area contributed by atoms with Crippen molar-refractivity contribution in [3.63, 3.8) is 0 Å². The zero-order chi connectivity index (χ0) is 13.7. The molecule has 1 N–H and O–H groups in total. The van der Waals surface area contributed by atoms with Crippen molar-refractivity contribution in [2.24, 2.45) is 0 Å². The Morgan fingerprint density at radius 2 is 2.16 bits per heavy atom. The van der Waals surface area contributed by atoms with Gasteiger partial charge in [-0.25, -0.2) is 4.39 Å². The first-order valence-corrected chi connectivity index (χ1v) is 7.52. The third kappa shape index (κ3) is 3.88. The van der Waals surface area contributed by atoms with E-state index in [1.54, 1.807) is 6.07 Å². The summed E-state index contributed by atoms with van der Waals surface area (Å²) in [5, 5.41) is 3.34. The van der Waals surface area contributed by atoms with Crippen LogP contribution in [0.1, 0.15) is 24.4 Å². The van der Waals surface area contributed by atoms with Crippen molar-refractivity contribution in [2.45, 2.75) is 18.9 Å². The minimum atomic E-state index is -0.123. The highest BCUT2D eigenvalue weighted by Crippen LogP contribution is 2.29. The molecule has 1 saturated heterocycles. The maximum atomic E-state index is 14.2. The van der Waals surface area contributed by atoms with Crippen LogP contribution in [0.25, 0.3) is 0 Å². The Morgan fingerprint density at radius 1 is 1.42 bits per heavy atom. The Balaban J connectivity index is 2.22. The van der Waals surface area contributed by atoms with Crippen LogP contribution in [0.15, 0.2) is 35.3 Å². The summed E-state index contributed by atoms with van der Waals surface area (Å²) in [6.45, 7) is 7.66. The highest BCUT2D eigenvalue weighted by atomic mass is 79.9. The molecule has 1 aromatic rings. The molecule has 2 rings (SSSR count). The molecule has 1 aliphatic rings. The van der Waals surface area contributed by atoms with Gasteiger partial charge in [0.15, 0.2) is 0 Å². The lowest BCUT2D eigenvalue weighted by Gasteiger charge is -2.35. The third-order valence-electron chi connectivity index (χ3n) is 3.56. The normalized spacial score (nSPS) is 18.2. The van der Waals surface area contributed by atoms with E-state index in [9.17, 15) is 4.39 Å². The van der Waals surface area contributed by atoms with Crippen LogP contribution < -0.4 is 5.32 Å². The molecule has 1 aliphatic heterocycles. The van der Waals surface area contributed by atoms with Crippen molar-refractivity contribution >= 4 is 15.9 Å². The zero-order valence-corrected chi connectivity index (χ0v) is 12.6. The zero-order valence-electron chi connectivity index (χ0n) is 11.0. The Hall–Kier alpha value is -0.710. The first-order chi connectivity index (χ1) is 9.22. The largest absolute Gasteiger partial charge is 0.314 e. The van der Waals surface area contributed by atoms with Gasteiger partial charge in [0.1, 0.15) is 5.82 Å². The summed E-state index contributed by atoms with van der Waals surface area (Å²) in [7, 11) is 0. The van der Waals surface area contributed by atoms with E-state index >= 15 is 0 Å². The highest BCUT2D eigenvalue weighted by molar-refractivity contribution is 9.10. The predicted octanol–water partition coefficient (Wildman–Crippen LogP) is 3.50. The fraction of sp³-hybridized carbons (Fsp3) is 0.467. The number of nitrogens with one attached hydrogen (secondary N) is 1. The predicted molar refractivity (Wildman–Crippen MR) is 80.7 cm³/mol. The van der Waals surface area contributed by atoms with Crippen molar-refractivity contribution in [3.05, 3.63) is 46.7 Å². The molecule has 1 heterocycles. The summed E-state index contributed by atoms with van der Waals surface area (Å²) in [5.74, 6) is -0.123. The minimum absolute atomic E-state index is 0.123. The molecule has 0 bridgehead atoms. The first-order valence-electron chi connectivity index (χ1n) is 6.73. The topological polar surface area (TPSA) is 15.3 Å². The molecule has 0 aromatic heterocycles. The van der Waals surface area contributed by atoms with Crippen LogP contribution in [0.3, 0.4) is 0 Å². The molecule has 0 spiro atoms. The lowest BCUT2D eigenvalue weighted by Crippen LogP contribution is -2.45. The number of piperazine rings is 1. The summed E-state index contributed by atoms with van der Waals surface area (Å²) in [6, 6.07) is 5.52. The average molecular weight is 327 g/mol. The van der Waals surface area contributed by atoms with E-state index in [4.69, 9.17) is 0 Å². The van der Waals surface area contributed by atoms with Gasteiger partial charge in [-0.3, -0.25) is 4.90 Å². The van der Waals surface area contributed by atoms with Crippen LogP contribution in [-0.4, -0.2) is 31.1 Å². The van der Waals surface area contributed by atoms with Crippen LogP contribution in [0.2, 0.25) is 0 Å². The third-order valence-corrected chi connectivity index (χ3v) is 4.05. The van der Waals surface area contributed by atoms with E-state index in [1.165, 1.54) is 0 Å². The van der Waals surface area contributed by atoms with Crippen LogP contribution in [0.5, 0.6) is 0 Å². The fourth-order valence-corrected chi connectivity index (χ4v) is 2.91. The molecule has 104 valence electrons. The van der Waals surface area contributed by atoms with E-state index < -0.39 is 0 Å². The monoisotopic (exact) mass is 326 g/mol. The second-order valence-electron chi connectivity index (χ2n) is 4.83. The number of allylic oxidation sites excluding steroid dienone is 1.